The molecule has 0 bridgehead atoms. The van der Waals surface area contributed by atoms with Gasteiger partial charge in [0.25, 0.3) is 0 Å². The average molecular weight is 183 g/mol. The maximum Gasteiger partial charge on any atom is -0.0241 e. The lowest BCUT2D eigenvalue weighted by Gasteiger charge is -2.52. The Morgan fingerprint density at radius 1 is 0.692 bits per heavy atom. The minimum absolute atomic E-state index is 0.297. The van der Waals surface area contributed by atoms with Crippen LogP contribution in [0, 0.1) is 22.2 Å². The van der Waals surface area contributed by atoms with Crippen LogP contribution in [0.25, 0.3) is 0 Å². The van der Waals surface area contributed by atoms with Crippen LogP contribution in [0.4, 0.5) is 0 Å². The monoisotopic (exact) mass is 183 g/mol. The summed E-state index contributed by atoms with van der Waals surface area (Å²) in [5.74, 6) is 1.52. The second-order valence-electron chi connectivity index (χ2n) is 6.50. The van der Waals surface area contributed by atoms with Crippen molar-refractivity contribution in [1.29, 1.82) is 0 Å². The normalized spacial score (nSPS) is 15.2. The summed E-state index contributed by atoms with van der Waals surface area (Å²) in [6, 6.07) is 0. The van der Waals surface area contributed by atoms with Crippen LogP contribution in [0.3, 0.4) is 0 Å². The molecular formula is C13H27. The molecule has 0 amide bonds. The lowest BCUT2D eigenvalue weighted by molar-refractivity contribution is 0.00373. The summed E-state index contributed by atoms with van der Waals surface area (Å²) in [7, 11) is 0. The Hall–Kier alpha value is 0. The van der Waals surface area contributed by atoms with E-state index in [9.17, 15) is 0 Å². The van der Waals surface area contributed by atoms with E-state index >= 15 is 0 Å². The molecule has 0 N–H and O–H groups in total. The van der Waals surface area contributed by atoms with Gasteiger partial charge in [-0.2, -0.15) is 0 Å². The van der Waals surface area contributed by atoms with E-state index in [1.54, 1.807) is 0 Å². The van der Waals surface area contributed by atoms with E-state index in [0.29, 0.717) is 16.2 Å². The summed E-state index contributed by atoms with van der Waals surface area (Å²) >= 11 is 0. The third kappa shape index (κ3) is 2.08. The Labute approximate surface area is 85.1 Å². The Balaban J connectivity index is 5.04. The maximum absolute atomic E-state index is 2.38. The van der Waals surface area contributed by atoms with E-state index in [2.05, 4.69) is 62.3 Å². The fraction of sp³-hybridized carbons (Fsp3) is 0.923. The molecule has 0 aromatic rings. The van der Waals surface area contributed by atoms with Gasteiger partial charge in [-0.1, -0.05) is 62.3 Å². The first kappa shape index (κ1) is 13.0. The molecule has 0 rings (SSSR count). The Kier molecular flexibility index (Phi) is 3.29. The molecule has 0 saturated heterocycles. The van der Waals surface area contributed by atoms with E-state index in [4.69, 9.17) is 0 Å². The fourth-order valence-corrected chi connectivity index (χ4v) is 1.56. The molecule has 0 aliphatic carbocycles. The topological polar surface area (TPSA) is 0 Å². The molecule has 0 nitrogen and oxygen atoms in total. The third-order valence-corrected chi connectivity index (χ3v) is 4.69. The molecule has 0 heteroatoms. The Bertz CT molecular complexity index is 165. The SMILES string of the molecule is C[C](C)C(C)(C)C(C)(C)C(C)(C)C. The summed E-state index contributed by atoms with van der Waals surface area (Å²) in [4.78, 5) is 0. The van der Waals surface area contributed by atoms with Crippen molar-refractivity contribution < 1.29 is 0 Å². The van der Waals surface area contributed by atoms with Crippen molar-refractivity contribution in [2.45, 2.75) is 62.3 Å². The van der Waals surface area contributed by atoms with Crippen molar-refractivity contribution in [3.63, 3.8) is 0 Å². The fourth-order valence-electron chi connectivity index (χ4n) is 1.56. The predicted molar refractivity (Wildman–Crippen MR) is 61.6 cm³/mol. The molecule has 0 heterocycles. The van der Waals surface area contributed by atoms with Crippen LogP contribution in [0.1, 0.15) is 62.3 Å². The van der Waals surface area contributed by atoms with Gasteiger partial charge >= 0.3 is 0 Å². The first-order chi connectivity index (χ1) is 5.44. The zero-order valence-electron chi connectivity index (χ0n) is 11.0. The number of rotatable bonds is 2. The first-order valence-corrected chi connectivity index (χ1v) is 5.25. The second kappa shape index (κ2) is 3.29. The van der Waals surface area contributed by atoms with Gasteiger partial charge in [0.1, 0.15) is 0 Å². The van der Waals surface area contributed by atoms with E-state index in [-0.39, 0.29) is 0 Å². The van der Waals surface area contributed by atoms with Crippen molar-refractivity contribution in [2.24, 2.45) is 16.2 Å². The molecule has 0 aromatic carbocycles. The van der Waals surface area contributed by atoms with Gasteiger partial charge in [-0.3, -0.25) is 0 Å². The lowest BCUT2D eigenvalue weighted by atomic mass is 9.52. The van der Waals surface area contributed by atoms with Gasteiger partial charge in [-0.15, -0.1) is 0 Å². The summed E-state index contributed by atoms with van der Waals surface area (Å²) < 4.78 is 0. The largest absolute Gasteiger partial charge is 0.0596 e. The van der Waals surface area contributed by atoms with Gasteiger partial charge in [-0.05, 0) is 22.2 Å². The molecule has 0 unspecified atom stereocenters. The highest BCUT2D eigenvalue weighted by Gasteiger charge is 2.46. The van der Waals surface area contributed by atoms with E-state index < -0.39 is 0 Å². The zero-order chi connectivity index (χ0) is 11.1. The molecule has 0 aromatic heterocycles. The van der Waals surface area contributed by atoms with Gasteiger partial charge < -0.3 is 0 Å². The Morgan fingerprint density at radius 3 is 1.08 bits per heavy atom. The van der Waals surface area contributed by atoms with Crippen LogP contribution < -0.4 is 0 Å². The molecule has 0 fully saturated rings. The minimum Gasteiger partial charge on any atom is -0.0596 e. The molecule has 13 heavy (non-hydrogen) atoms. The molecule has 0 aliphatic rings. The van der Waals surface area contributed by atoms with Crippen LogP contribution in [0.5, 0.6) is 0 Å². The van der Waals surface area contributed by atoms with Gasteiger partial charge in [0.2, 0.25) is 0 Å². The van der Waals surface area contributed by atoms with Gasteiger partial charge in [0.05, 0.1) is 0 Å². The molecular weight excluding hydrogens is 156 g/mol. The van der Waals surface area contributed by atoms with Crippen molar-refractivity contribution in [2.75, 3.05) is 0 Å². The van der Waals surface area contributed by atoms with Crippen molar-refractivity contribution >= 4 is 0 Å². The van der Waals surface area contributed by atoms with Crippen LogP contribution in [-0.2, 0) is 0 Å². The summed E-state index contributed by atoms with van der Waals surface area (Å²) in [6.45, 7) is 20.9. The van der Waals surface area contributed by atoms with Crippen LogP contribution in [0.15, 0.2) is 0 Å². The predicted octanol–water partition coefficient (Wildman–Crippen LogP) is 4.70. The van der Waals surface area contributed by atoms with Gasteiger partial charge in [0.15, 0.2) is 0 Å². The highest BCUT2D eigenvalue weighted by molar-refractivity contribution is 5.06. The van der Waals surface area contributed by atoms with Crippen molar-refractivity contribution in [1.82, 2.24) is 0 Å². The zero-order valence-corrected chi connectivity index (χ0v) is 11.0. The molecule has 0 saturated carbocycles. The number of hydrogen-bond acceptors (Lipinski definition) is 0. The number of hydrogen-bond donors (Lipinski definition) is 0. The van der Waals surface area contributed by atoms with E-state index in [1.165, 1.54) is 5.92 Å². The summed E-state index contributed by atoms with van der Waals surface area (Å²) in [6.07, 6.45) is 0. The highest BCUT2D eigenvalue weighted by Crippen LogP contribution is 2.54. The smallest absolute Gasteiger partial charge is 0.0241 e. The van der Waals surface area contributed by atoms with E-state index in [1.807, 2.05) is 0 Å². The van der Waals surface area contributed by atoms with E-state index in [0.717, 1.165) is 0 Å². The van der Waals surface area contributed by atoms with Crippen LogP contribution in [0.2, 0.25) is 0 Å². The Morgan fingerprint density at radius 2 is 1.00 bits per heavy atom. The second-order valence-corrected chi connectivity index (χ2v) is 6.50. The third-order valence-electron chi connectivity index (χ3n) is 4.69. The highest BCUT2D eigenvalue weighted by atomic mass is 14.5. The van der Waals surface area contributed by atoms with Gasteiger partial charge in [0, 0.05) is 0 Å². The first-order valence-electron chi connectivity index (χ1n) is 5.25. The molecule has 0 atom stereocenters. The van der Waals surface area contributed by atoms with Crippen LogP contribution >= 0.6 is 0 Å². The van der Waals surface area contributed by atoms with Crippen molar-refractivity contribution in [3.8, 4) is 0 Å². The summed E-state index contributed by atoms with van der Waals surface area (Å²) in [5.41, 5.74) is 0.956. The average Bonchev–Trinajstić information content (AvgIpc) is 1.84. The van der Waals surface area contributed by atoms with Gasteiger partial charge in [-0.25, -0.2) is 0 Å². The minimum atomic E-state index is 0.297. The molecule has 79 valence electrons. The molecule has 0 spiro atoms. The van der Waals surface area contributed by atoms with Crippen LogP contribution in [-0.4, -0.2) is 0 Å². The molecule has 0 aliphatic heterocycles. The van der Waals surface area contributed by atoms with Crippen molar-refractivity contribution in [3.05, 3.63) is 5.92 Å². The molecule has 1 radical (unpaired) electrons. The maximum atomic E-state index is 2.38. The summed E-state index contributed by atoms with van der Waals surface area (Å²) in [5, 5.41) is 0. The quantitative estimate of drug-likeness (QED) is 0.582. The lowest BCUT2D eigenvalue weighted by Crippen LogP contribution is -2.45. The standard InChI is InChI=1S/C13H27/c1-10(2)12(6,7)13(8,9)11(3,4)5/h1-9H3.